The van der Waals surface area contributed by atoms with Gasteiger partial charge in [-0.3, -0.25) is 4.79 Å². The highest BCUT2D eigenvalue weighted by molar-refractivity contribution is 7.16. The molecule has 0 bridgehead atoms. The molecule has 0 atom stereocenters. The molecular weight excluding hydrogens is 438 g/mol. The van der Waals surface area contributed by atoms with Crippen molar-refractivity contribution in [2.75, 3.05) is 5.32 Å². The highest BCUT2D eigenvalue weighted by Crippen LogP contribution is 2.30. The SMILES string of the molecule is O=C(CCn1c2ccccc2c2nc3ccccc3nc21)Nc1nc(-c2cccs2)cs1. The van der Waals surface area contributed by atoms with Gasteiger partial charge in [0.25, 0.3) is 0 Å². The van der Waals surface area contributed by atoms with Crippen LogP contribution in [0.1, 0.15) is 6.42 Å². The lowest BCUT2D eigenvalue weighted by Crippen LogP contribution is -2.14. The van der Waals surface area contributed by atoms with Crippen LogP contribution in [-0.2, 0) is 11.3 Å². The lowest BCUT2D eigenvalue weighted by molar-refractivity contribution is -0.116. The molecule has 6 aromatic rings. The number of rotatable bonds is 5. The van der Waals surface area contributed by atoms with Gasteiger partial charge in [-0.05, 0) is 29.6 Å². The average Bonchev–Trinajstić information content (AvgIpc) is 3.56. The van der Waals surface area contributed by atoms with Crippen molar-refractivity contribution in [1.29, 1.82) is 0 Å². The van der Waals surface area contributed by atoms with Crippen molar-refractivity contribution in [1.82, 2.24) is 19.5 Å². The first-order valence-corrected chi connectivity index (χ1v) is 12.0. The number of carbonyl (C=O) groups excluding carboxylic acids is 1. The van der Waals surface area contributed by atoms with E-state index in [0.29, 0.717) is 18.1 Å². The number of hydrogen-bond acceptors (Lipinski definition) is 6. The van der Waals surface area contributed by atoms with Crippen LogP contribution in [0, 0.1) is 0 Å². The molecule has 4 aromatic heterocycles. The first kappa shape index (κ1) is 19.1. The lowest BCUT2D eigenvalue weighted by atomic mass is 10.2. The second kappa shape index (κ2) is 7.81. The summed E-state index contributed by atoms with van der Waals surface area (Å²) in [6.07, 6.45) is 0.316. The summed E-state index contributed by atoms with van der Waals surface area (Å²) >= 11 is 3.08. The van der Waals surface area contributed by atoms with Crippen molar-refractivity contribution >= 4 is 66.8 Å². The Morgan fingerprint density at radius 3 is 2.56 bits per heavy atom. The predicted molar refractivity (Wildman–Crippen MR) is 131 cm³/mol. The number of carbonyl (C=O) groups is 1. The van der Waals surface area contributed by atoms with Crippen molar-refractivity contribution in [3.05, 3.63) is 71.4 Å². The largest absolute Gasteiger partial charge is 0.323 e. The van der Waals surface area contributed by atoms with Gasteiger partial charge in [-0.25, -0.2) is 15.0 Å². The van der Waals surface area contributed by atoms with Gasteiger partial charge in [0.15, 0.2) is 10.8 Å². The summed E-state index contributed by atoms with van der Waals surface area (Å²) in [6.45, 7) is 0.506. The molecule has 0 radical (unpaired) electrons. The van der Waals surface area contributed by atoms with E-state index in [1.165, 1.54) is 11.3 Å². The zero-order chi connectivity index (χ0) is 21.5. The third-order valence-corrected chi connectivity index (χ3v) is 6.99. The molecule has 2 aromatic carbocycles. The molecule has 0 saturated heterocycles. The van der Waals surface area contributed by atoms with Gasteiger partial charge in [0, 0.05) is 23.7 Å². The summed E-state index contributed by atoms with van der Waals surface area (Å²) in [5.41, 5.74) is 5.29. The van der Waals surface area contributed by atoms with Gasteiger partial charge < -0.3 is 9.88 Å². The Balaban J connectivity index is 1.29. The lowest BCUT2D eigenvalue weighted by Gasteiger charge is -2.07. The number of amides is 1. The van der Waals surface area contributed by atoms with Crippen LogP contribution in [0.4, 0.5) is 5.13 Å². The van der Waals surface area contributed by atoms with Crippen LogP contribution in [0.2, 0.25) is 0 Å². The molecule has 6 nitrogen and oxygen atoms in total. The number of thiazole rings is 1. The Bertz CT molecular complexity index is 1580. The molecule has 0 fully saturated rings. The van der Waals surface area contributed by atoms with Gasteiger partial charge in [-0.15, -0.1) is 22.7 Å². The molecule has 0 aliphatic heterocycles. The molecule has 0 aliphatic carbocycles. The monoisotopic (exact) mass is 455 g/mol. The van der Waals surface area contributed by atoms with Crippen LogP contribution in [0.15, 0.2) is 71.4 Å². The fourth-order valence-corrected chi connectivity index (χ4v) is 5.36. The minimum Gasteiger partial charge on any atom is -0.323 e. The van der Waals surface area contributed by atoms with Crippen molar-refractivity contribution in [2.24, 2.45) is 0 Å². The highest BCUT2D eigenvalue weighted by Gasteiger charge is 2.16. The second-order valence-corrected chi connectivity index (χ2v) is 9.17. The Morgan fingerprint density at radius 1 is 0.906 bits per heavy atom. The van der Waals surface area contributed by atoms with Crippen molar-refractivity contribution < 1.29 is 4.79 Å². The molecule has 0 saturated carbocycles. The Labute approximate surface area is 191 Å². The quantitative estimate of drug-likeness (QED) is 0.349. The molecule has 1 amide bonds. The number of nitrogens with one attached hydrogen (secondary N) is 1. The summed E-state index contributed by atoms with van der Waals surface area (Å²) < 4.78 is 2.09. The van der Waals surface area contributed by atoms with E-state index in [2.05, 4.69) is 27.0 Å². The summed E-state index contributed by atoms with van der Waals surface area (Å²) in [5, 5.41) is 8.58. The first-order chi connectivity index (χ1) is 15.8. The van der Waals surface area contributed by atoms with E-state index in [9.17, 15) is 4.79 Å². The Hall–Kier alpha value is -3.62. The van der Waals surface area contributed by atoms with Crippen molar-refractivity contribution in [3.8, 4) is 10.6 Å². The van der Waals surface area contributed by atoms with Crippen LogP contribution in [-0.4, -0.2) is 25.4 Å². The van der Waals surface area contributed by atoms with Crippen LogP contribution in [0.5, 0.6) is 0 Å². The second-order valence-electron chi connectivity index (χ2n) is 7.37. The molecule has 1 N–H and O–H groups in total. The van der Waals surface area contributed by atoms with Crippen molar-refractivity contribution in [2.45, 2.75) is 13.0 Å². The van der Waals surface area contributed by atoms with Gasteiger partial charge >= 0.3 is 0 Å². The number of fused-ring (bicyclic) bond motifs is 4. The number of nitrogens with zero attached hydrogens (tertiary/aromatic N) is 4. The first-order valence-electron chi connectivity index (χ1n) is 10.2. The zero-order valence-corrected chi connectivity index (χ0v) is 18.5. The normalized spacial score (nSPS) is 11.5. The van der Waals surface area contributed by atoms with Crippen LogP contribution in [0.3, 0.4) is 0 Å². The van der Waals surface area contributed by atoms with Gasteiger partial charge in [0.05, 0.1) is 27.1 Å². The molecule has 156 valence electrons. The fourth-order valence-electron chi connectivity index (χ4n) is 3.87. The van der Waals surface area contributed by atoms with E-state index in [-0.39, 0.29) is 5.91 Å². The van der Waals surface area contributed by atoms with Crippen LogP contribution >= 0.6 is 22.7 Å². The molecule has 0 unspecified atom stereocenters. The van der Waals surface area contributed by atoms with E-state index >= 15 is 0 Å². The molecule has 4 heterocycles. The van der Waals surface area contributed by atoms with E-state index in [0.717, 1.165) is 43.7 Å². The summed E-state index contributed by atoms with van der Waals surface area (Å²) in [6, 6.07) is 20.0. The molecule has 0 aliphatic rings. The number of anilines is 1. The van der Waals surface area contributed by atoms with Gasteiger partial charge in [0.1, 0.15) is 5.52 Å². The summed E-state index contributed by atoms with van der Waals surface area (Å²) in [5.74, 6) is -0.0724. The zero-order valence-electron chi connectivity index (χ0n) is 16.9. The number of para-hydroxylation sites is 3. The minimum atomic E-state index is -0.0724. The molecule has 32 heavy (non-hydrogen) atoms. The molecular formula is C24H17N5OS2. The number of aromatic nitrogens is 4. The minimum absolute atomic E-state index is 0.0724. The van der Waals surface area contributed by atoms with E-state index < -0.39 is 0 Å². The summed E-state index contributed by atoms with van der Waals surface area (Å²) in [7, 11) is 0. The fraction of sp³-hybridized carbons (Fsp3) is 0.0833. The van der Waals surface area contributed by atoms with Gasteiger partial charge in [-0.2, -0.15) is 0 Å². The van der Waals surface area contributed by atoms with Crippen LogP contribution < -0.4 is 5.32 Å². The number of benzene rings is 2. The third-order valence-electron chi connectivity index (χ3n) is 5.34. The molecule has 8 heteroatoms. The smallest absolute Gasteiger partial charge is 0.227 e. The third kappa shape index (κ3) is 3.34. The standard InChI is InChI=1S/C24H17N5OS2/c30-21(28-24-27-18(14-32-24)20-10-5-13-31-20)11-12-29-19-9-4-1-6-15(19)22-23(29)26-17-8-3-2-7-16(17)25-22/h1-10,13-14H,11-12H2,(H,27,28,30). The van der Waals surface area contributed by atoms with E-state index in [1.54, 1.807) is 11.3 Å². The predicted octanol–water partition coefficient (Wildman–Crippen LogP) is 5.95. The van der Waals surface area contributed by atoms with Crippen LogP contribution in [0.25, 0.3) is 43.7 Å². The summed E-state index contributed by atoms with van der Waals surface area (Å²) in [4.78, 5) is 28.1. The topological polar surface area (TPSA) is 72.7 Å². The van der Waals surface area contributed by atoms with Crippen molar-refractivity contribution in [3.63, 3.8) is 0 Å². The number of hydrogen-bond donors (Lipinski definition) is 1. The number of thiophene rings is 1. The van der Waals surface area contributed by atoms with Gasteiger partial charge in [0.2, 0.25) is 5.91 Å². The van der Waals surface area contributed by atoms with E-state index in [4.69, 9.17) is 9.97 Å². The average molecular weight is 456 g/mol. The Kier molecular flexibility index (Phi) is 4.66. The Morgan fingerprint density at radius 2 is 1.72 bits per heavy atom. The van der Waals surface area contributed by atoms with E-state index in [1.807, 2.05) is 59.3 Å². The molecule has 6 rings (SSSR count). The van der Waals surface area contributed by atoms with Gasteiger partial charge in [-0.1, -0.05) is 36.4 Å². The highest BCUT2D eigenvalue weighted by atomic mass is 32.1. The maximum atomic E-state index is 12.7. The number of aryl methyl sites for hydroxylation is 1. The maximum absolute atomic E-state index is 12.7. The maximum Gasteiger partial charge on any atom is 0.227 e. The molecule has 0 spiro atoms.